The Morgan fingerprint density at radius 3 is 2.45 bits per heavy atom. The van der Waals surface area contributed by atoms with E-state index in [4.69, 9.17) is 4.42 Å². The lowest BCUT2D eigenvalue weighted by Crippen LogP contribution is -2.46. The maximum Gasteiger partial charge on any atom is 0.326 e. The van der Waals surface area contributed by atoms with Crippen LogP contribution in [-0.4, -0.2) is 86.2 Å². The largest absolute Gasteiger partial charge is 0.461 e. The van der Waals surface area contributed by atoms with Crippen LogP contribution in [-0.2, 0) is 17.1 Å². The predicted octanol–water partition coefficient (Wildman–Crippen LogP) is 1.85. The molecule has 0 saturated carbocycles. The first-order valence-electron chi connectivity index (χ1n) is 11.8. The van der Waals surface area contributed by atoms with Crippen LogP contribution in [0.15, 0.2) is 58.2 Å². The van der Waals surface area contributed by atoms with Crippen LogP contribution >= 0.6 is 0 Å². The number of sulfonamides is 1. The highest BCUT2D eigenvalue weighted by Gasteiger charge is 2.27. The molecule has 5 heterocycles. The number of nitrogens with zero attached hydrogens (tertiary/aromatic N) is 8. The van der Waals surface area contributed by atoms with E-state index in [1.165, 1.54) is 39.3 Å². The van der Waals surface area contributed by atoms with Crippen molar-refractivity contribution in [2.75, 3.05) is 43.9 Å². The molecule has 5 aromatic rings. The van der Waals surface area contributed by atoms with E-state index in [-0.39, 0.29) is 10.8 Å². The topological polar surface area (TPSA) is 156 Å². The summed E-state index contributed by atoms with van der Waals surface area (Å²) in [5, 5.41) is 14.8. The molecule has 6 rings (SSSR count). The zero-order chi connectivity index (χ0) is 26.4. The van der Waals surface area contributed by atoms with Gasteiger partial charge in [0.1, 0.15) is 0 Å². The number of nitrogens with one attached hydrogen (secondary N) is 2. The molecule has 0 bridgehead atoms. The molecule has 1 aromatic carbocycles. The standard InChI is InChI=1S/C23H24N10O4S/c1-30-9-11-32(12-10-30)38(35,36)16-7-5-15(6-8-16)24-23(34)27-22-26-19-17(14-31(2)28-19)21-25-20(29-33(21)22)18-4-3-13-37-18/h3-8,13-14H,9-12H2,1-2H3,(H2,24,26,27,28,34). The van der Waals surface area contributed by atoms with Crippen molar-refractivity contribution in [3.8, 4) is 11.6 Å². The van der Waals surface area contributed by atoms with Gasteiger partial charge < -0.3 is 14.6 Å². The van der Waals surface area contributed by atoms with Crippen LogP contribution in [0.1, 0.15) is 0 Å². The zero-order valence-corrected chi connectivity index (χ0v) is 21.4. The van der Waals surface area contributed by atoms with Gasteiger partial charge in [0.15, 0.2) is 17.1 Å². The number of aromatic nitrogens is 6. The molecular weight excluding hydrogens is 512 g/mol. The van der Waals surface area contributed by atoms with Gasteiger partial charge in [-0.05, 0) is 43.4 Å². The Morgan fingerprint density at radius 1 is 0.974 bits per heavy atom. The quantitative estimate of drug-likeness (QED) is 0.342. The SMILES string of the molecule is CN1CCN(S(=O)(=O)c2ccc(NC(=O)Nc3nc4nn(C)cc4c4nc(-c5ccco5)nn34)cc2)CC1. The third-order valence-corrected chi connectivity index (χ3v) is 8.16. The number of hydrogen-bond donors (Lipinski definition) is 2. The van der Waals surface area contributed by atoms with Crippen LogP contribution in [0.5, 0.6) is 0 Å². The lowest BCUT2D eigenvalue weighted by atomic mass is 10.3. The summed E-state index contributed by atoms with van der Waals surface area (Å²) in [5.74, 6) is 0.893. The Hall–Kier alpha value is -4.34. The van der Waals surface area contributed by atoms with Gasteiger partial charge in [0.25, 0.3) is 0 Å². The number of benzene rings is 1. The van der Waals surface area contributed by atoms with Gasteiger partial charge in [-0.2, -0.15) is 18.9 Å². The average molecular weight is 537 g/mol. The molecule has 14 nitrogen and oxygen atoms in total. The summed E-state index contributed by atoms with van der Waals surface area (Å²) < 4.78 is 35.8. The molecule has 1 aliphatic rings. The van der Waals surface area contributed by atoms with Crippen LogP contribution in [0, 0.1) is 0 Å². The monoisotopic (exact) mass is 536 g/mol. The van der Waals surface area contributed by atoms with Crippen LogP contribution in [0.2, 0.25) is 0 Å². The van der Waals surface area contributed by atoms with Crippen molar-refractivity contribution in [2.24, 2.45) is 7.05 Å². The number of piperazine rings is 1. The van der Waals surface area contributed by atoms with Crippen molar-refractivity contribution in [1.82, 2.24) is 38.6 Å². The number of carbonyl (C=O) groups is 1. The molecule has 1 saturated heterocycles. The summed E-state index contributed by atoms with van der Waals surface area (Å²) in [5.41, 5.74) is 1.24. The number of hydrogen-bond acceptors (Lipinski definition) is 9. The van der Waals surface area contributed by atoms with Crippen molar-refractivity contribution >= 4 is 44.4 Å². The fraction of sp³-hybridized carbons (Fsp3) is 0.261. The minimum Gasteiger partial charge on any atom is -0.461 e. The third kappa shape index (κ3) is 4.36. The third-order valence-electron chi connectivity index (χ3n) is 6.25. The zero-order valence-electron chi connectivity index (χ0n) is 20.6. The van der Waals surface area contributed by atoms with Gasteiger partial charge >= 0.3 is 6.03 Å². The molecular formula is C23H24N10O4S. The van der Waals surface area contributed by atoms with E-state index in [1.54, 1.807) is 30.1 Å². The van der Waals surface area contributed by atoms with Gasteiger partial charge in [-0.3, -0.25) is 10.00 Å². The molecule has 0 atom stereocenters. The van der Waals surface area contributed by atoms with Gasteiger partial charge in [0.2, 0.25) is 21.8 Å². The first kappa shape index (κ1) is 24.0. The Morgan fingerprint density at radius 2 is 1.74 bits per heavy atom. The Balaban J connectivity index is 1.23. The predicted molar refractivity (Wildman–Crippen MR) is 138 cm³/mol. The average Bonchev–Trinajstić information content (AvgIpc) is 3.64. The Bertz CT molecular complexity index is 1730. The smallest absolute Gasteiger partial charge is 0.326 e. The number of urea groups is 1. The van der Waals surface area contributed by atoms with Gasteiger partial charge in [-0.25, -0.2) is 18.2 Å². The van der Waals surface area contributed by atoms with Crippen LogP contribution < -0.4 is 10.6 Å². The normalized spacial score (nSPS) is 15.3. The van der Waals surface area contributed by atoms with E-state index < -0.39 is 16.1 Å². The summed E-state index contributed by atoms with van der Waals surface area (Å²) in [6, 6.07) is 8.90. The molecule has 2 N–H and O–H groups in total. The van der Waals surface area contributed by atoms with E-state index in [9.17, 15) is 13.2 Å². The fourth-order valence-electron chi connectivity index (χ4n) is 4.24. The van der Waals surface area contributed by atoms with Crippen molar-refractivity contribution in [3.05, 3.63) is 48.9 Å². The van der Waals surface area contributed by atoms with Gasteiger partial charge in [-0.1, -0.05) is 0 Å². The number of carbonyl (C=O) groups excluding carboxylic acids is 1. The molecule has 0 radical (unpaired) electrons. The highest BCUT2D eigenvalue weighted by atomic mass is 32.2. The van der Waals surface area contributed by atoms with Crippen molar-refractivity contribution in [3.63, 3.8) is 0 Å². The number of likely N-dealkylation sites (N-methyl/N-ethyl adjacent to an activating group) is 1. The van der Waals surface area contributed by atoms with Crippen molar-refractivity contribution in [2.45, 2.75) is 4.90 Å². The van der Waals surface area contributed by atoms with Crippen molar-refractivity contribution < 1.29 is 17.6 Å². The molecule has 4 aromatic heterocycles. The van der Waals surface area contributed by atoms with Gasteiger partial charge in [-0.15, -0.1) is 5.10 Å². The molecule has 0 unspecified atom stereocenters. The molecule has 196 valence electrons. The second-order valence-corrected chi connectivity index (χ2v) is 10.9. The number of furan rings is 1. The lowest BCUT2D eigenvalue weighted by molar-refractivity contribution is 0.222. The fourth-order valence-corrected chi connectivity index (χ4v) is 5.66. The number of aryl methyl sites for hydroxylation is 1. The van der Waals surface area contributed by atoms with E-state index in [0.717, 1.165) is 0 Å². The number of amides is 2. The Kier molecular flexibility index (Phi) is 5.81. The summed E-state index contributed by atoms with van der Waals surface area (Å²) in [6.45, 7) is 2.24. The molecule has 1 fully saturated rings. The molecule has 2 amide bonds. The Labute approximate surface area is 216 Å². The van der Waals surface area contributed by atoms with E-state index in [2.05, 4.69) is 35.7 Å². The van der Waals surface area contributed by atoms with E-state index in [1.807, 2.05) is 7.05 Å². The van der Waals surface area contributed by atoms with Crippen LogP contribution in [0.4, 0.5) is 16.4 Å². The molecule has 0 spiro atoms. The van der Waals surface area contributed by atoms with Crippen molar-refractivity contribution in [1.29, 1.82) is 0 Å². The van der Waals surface area contributed by atoms with Crippen LogP contribution in [0.3, 0.4) is 0 Å². The van der Waals surface area contributed by atoms with E-state index in [0.29, 0.717) is 60.1 Å². The van der Waals surface area contributed by atoms with Crippen LogP contribution in [0.25, 0.3) is 28.3 Å². The molecule has 15 heteroatoms. The summed E-state index contributed by atoms with van der Waals surface area (Å²) in [7, 11) is 0.117. The minimum atomic E-state index is -3.61. The highest BCUT2D eigenvalue weighted by molar-refractivity contribution is 7.89. The highest BCUT2D eigenvalue weighted by Crippen LogP contribution is 2.24. The summed E-state index contributed by atoms with van der Waals surface area (Å²) in [4.78, 5) is 24.1. The first-order valence-corrected chi connectivity index (χ1v) is 13.2. The van der Waals surface area contributed by atoms with E-state index >= 15 is 0 Å². The maximum absolute atomic E-state index is 13.0. The second kappa shape index (κ2) is 9.20. The lowest BCUT2D eigenvalue weighted by Gasteiger charge is -2.31. The number of rotatable bonds is 5. The molecule has 38 heavy (non-hydrogen) atoms. The number of fused-ring (bicyclic) bond motifs is 3. The minimum absolute atomic E-state index is 0.100. The first-order chi connectivity index (χ1) is 18.3. The van der Waals surface area contributed by atoms with Gasteiger partial charge in [0.05, 0.1) is 16.5 Å². The van der Waals surface area contributed by atoms with Gasteiger partial charge in [0, 0.05) is 45.1 Å². The number of anilines is 2. The second-order valence-electron chi connectivity index (χ2n) is 8.93. The molecule has 0 aliphatic carbocycles. The molecule has 1 aliphatic heterocycles. The summed E-state index contributed by atoms with van der Waals surface area (Å²) >= 11 is 0. The maximum atomic E-state index is 13.0. The summed E-state index contributed by atoms with van der Waals surface area (Å²) in [6.07, 6.45) is 3.28.